The molecule has 0 fully saturated rings. The summed E-state index contributed by atoms with van der Waals surface area (Å²) in [5, 5.41) is 0. The lowest BCUT2D eigenvalue weighted by Gasteiger charge is -2.16. The molecule has 1 N–H and O–H groups in total. The largest absolute Gasteiger partial charge is 0.375 e. The fourth-order valence-corrected chi connectivity index (χ4v) is 4.73. The van der Waals surface area contributed by atoms with Gasteiger partial charge in [-0.3, -0.25) is 0 Å². The van der Waals surface area contributed by atoms with E-state index in [1.54, 1.807) is 13.2 Å². The Morgan fingerprint density at radius 1 is 1.24 bits per heavy atom. The summed E-state index contributed by atoms with van der Waals surface area (Å²) in [4.78, 5) is 2.14. The van der Waals surface area contributed by atoms with Crippen molar-refractivity contribution in [2.24, 2.45) is 0 Å². The Bertz CT molecular complexity index is 693. The van der Waals surface area contributed by atoms with E-state index in [2.05, 4.69) is 4.72 Å². The van der Waals surface area contributed by atoms with Crippen molar-refractivity contribution in [3.05, 3.63) is 51.7 Å². The molecule has 1 atom stereocenters. The highest BCUT2D eigenvalue weighted by Crippen LogP contribution is 2.25. The number of hydrogen-bond acceptors (Lipinski definition) is 4. The third-order valence-corrected chi connectivity index (χ3v) is 5.84. The van der Waals surface area contributed by atoms with Crippen molar-refractivity contribution < 1.29 is 13.2 Å². The molecule has 4 nitrogen and oxygen atoms in total. The van der Waals surface area contributed by atoms with E-state index in [4.69, 9.17) is 4.74 Å². The third-order valence-electron chi connectivity index (χ3n) is 3.20. The monoisotopic (exact) mass is 325 g/mol. The summed E-state index contributed by atoms with van der Waals surface area (Å²) in [6.07, 6.45) is -0.305. The Kier molecular flexibility index (Phi) is 5.16. The molecule has 2 rings (SSSR count). The van der Waals surface area contributed by atoms with Gasteiger partial charge in [0, 0.05) is 23.4 Å². The SMILES string of the molecule is COC(CNS(=O)(=O)c1cc(C)sc1C)c1ccccc1. The minimum absolute atomic E-state index is 0.206. The smallest absolute Gasteiger partial charge is 0.241 e. The molecule has 0 saturated heterocycles. The zero-order valence-corrected chi connectivity index (χ0v) is 13.9. The van der Waals surface area contributed by atoms with Gasteiger partial charge in [-0.15, -0.1) is 11.3 Å². The highest BCUT2D eigenvalue weighted by Gasteiger charge is 2.21. The van der Waals surface area contributed by atoms with Gasteiger partial charge in [0.2, 0.25) is 10.0 Å². The van der Waals surface area contributed by atoms with Crippen LogP contribution in [0.5, 0.6) is 0 Å². The van der Waals surface area contributed by atoms with Crippen LogP contribution in [0.25, 0.3) is 0 Å². The number of thiophene rings is 1. The second kappa shape index (κ2) is 6.70. The summed E-state index contributed by atoms with van der Waals surface area (Å²) in [5.41, 5.74) is 0.945. The summed E-state index contributed by atoms with van der Waals surface area (Å²) in [6, 6.07) is 11.3. The third kappa shape index (κ3) is 3.91. The van der Waals surface area contributed by atoms with Gasteiger partial charge in [0.1, 0.15) is 0 Å². The number of sulfonamides is 1. The lowest BCUT2D eigenvalue weighted by Crippen LogP contribution is -2.29. The van der Waals surface area contributed by atoms with E-state index >= 15 is 0 Å². The van der Waals surface area contributed by atoms with Crippen LogP contribution in [-0.2, 0) is 14.8 Å². The molecule has 2 aromatic rings. The number of ether oxygens (including phenoxy) is 1. The summed E-state index contributed by atoms with van der Waals surface area (Å²) < 4.78 is 32.7. The first-order valence-electron chi connectivity index (χ1n) is 6.58. The van der Waals surface area contributed by atoms with Gasteiger partial charge in [-0.05, 0) is 25.5 Å². The van der Waals surface area contributed by atoms with Gasteiger partial charge in [-0.2, -0.15) is 0 Å². The second-order valence-corrected chi connectivity index (χ2v) is 7.96. The van der Waals surface area contributed by atoms with Crippen LogP contribution in [0.1, 0.15) is 21.4 Å². The fourth-order valence-electron chi connectivity index (χ4n) is 2.14. The molecule has 1 heterocycles. The van der Waals surface area contributed by atoms with Gasteiger partial charge in [0.25, 0.3) is 0 Å². The van der Waals surface area contributed by atoms with Gasteiger partial charge in [-0.25, -0.2) is 13.1 Å². The maximum absolute atomic E-state index is 12.4. The molecule has 0 spiro atoms. The average Bonchev–Trinajstić information content (AvgIpc) is 2.80. The van der Waals surface area contributed by atoms with Crippen LogP contribution in [-0.4, -0.2) is 22.1 Å². The standard InChI is InChI=1S/C15H19NO3S2/c1-11-9-15(12(2)20-11)21(17,18)16-10-14(19-3)13-7-5-4-6-8-13/h4-9,14,16H,10H2,1-3H3. The zero-order valence-electron chi connectivity index (χ0n) is 12.3. The van der Waals surface area contributed by atoms with Gasteiger partial charge in [0.15, 0.2) is 0 Å². The van der Waals surface area contributed by atoms with Crippen LogP contribution in [0.2, 0.25) is 0 Å². The maximum Gasteiger partial charge on any atom is 0.241 e. The van der Waals surface area contributed by atoms with Crippen LogP contribution in [0.4, 0.5) is 0 Å². The normalized spacial score (nSPS) is 13.3. The highest BCUT2D eigenvalue weighted by molar-refractivity contribution is 7.89. The summed E-state index contributed by atoms with van der Waals surface area (Å²) in [6.45, 7) is 3.92. The predicted octanol–water partition coefficient (Wildman–Crippen LogP) is 3.03. The zero-order chi connectivity index (χ0) is 15.5. The first kappa shape index (κ1) is 16.2. The van der Waals surface area contributed by atoms with Crippen LogP contribution < -0.4 is 4.72 Å². The van der Waals surface area contributed by atoms with Crippen molar-refractivity contribution in [2.75, 3.05) is 13.7 Å². The van der Waals surface area contributed by atoms with Crippen molar-refractivity contribution in [2.45, 2.75) is 24.8 Å². The van der Waals surface area contributed by atoms with Crippen LogP contribution >= 0.6 is 11.3 Å². The lowest BCUT2D eigenvalue weighted by atomic mass is 10.1. The molecule has 0 saturated carbocycles. The molecular weight excluding hydrogens is 306 g/mol. The molecular formula is C15H19NO3S2. The molecule has 0 bridgehead atoms. The van der Waals surface area contributed by atoms with Gasteiger partial charge in [-0.1, -0.05) is 30.3 Å². The number of hydrogen-bond donors (Lipinski definition) is 1. The molecule has 6 heteroatoms. The molecule has 114 valence electrons. The quantitative estimate of drug-likeness (QED) is 0.888. The second-order valence-electron chi connectivity index (χ2n) is 4.76. The molecule has 0 aliphatic carbocycles. The average molecular weight is 325 g/mol. The van der Waals surface area contributed by atoms with Gasteiger partial charge < -0.3 is 4.74 Å². The van der Waals surface area contributed by atoms with E-state index < -0.39 is 10.0 Å². The Morgan fingerprint density at radius 3 is 2.43 bits per heavy atom. The minimum atomic E-state index is -3.50. The van der Waals surface area contributed by atoms with E-state index in [0.717, 1.165) is 15.3 Å². The van der Waals surface area contributed by atoms with Crippen LogP contribution in [0.15, 0.2) is 41.3 Å². The lowest BCUT2D eigenvalue weighted by molar-refractivity contribution is 0.107. The fraction of sp³-hybridized carbons (Fsp3) is 0.333. The van der Waals surface area contributed by atoms with Crippen molar-refractivity contribution >= 4 is 21.4 Å². The first-order valence-corrected chi connectivity index (χ1v) is 8.88. The molecule has 1 unspecified atom stereocenters. The van der Waals surface area contributed by atoms with Crippen molar-refractivity contribution in [1.29, 1.82) is 0 Å². The molecule has 0 radical (unpaired) electrons. The molecule has 0 aliphatic heterocycles. The van der Waals surface area contributed by atoms with Crippen LogP contribution in [0.3, 0.4) is 0 Å². The van der Waals surface area contributed by atoms with Gasteiger partial charge >= 0.3 is 0 Å². The number of methoxy groups -OCH3 is 1. The molecule has 0 aliphatic rings. The Balaban J connectivity index is 2.12. The van der Waals surface area contributed by atoms with Gasteiger partial charge in [0.05, 0.1) is 11.0 Å². The summed E-state index contributed by atoms with van der Waals surface area (Å²) in [5.74, 6) is 0. The Morgan fingerprint density at radius 2 is 1.90 bits per heavy atom. The molecule has 1 aromatic carbocycles. The van der Waals surface area contributed by atoms with Crippen molar-refractivity contribution in [1.82, 2.24) is 4.72 Å². The predicted molar refractivity (Wildman–Crippen MR) is 85.2 cm³/mol. The van der Waals surface area contributed by atoms with Crippen molar-refractivity contribution in [3.63, 3.8) is 0 Å². The van der Waals surface area contributed by atoms with E-state index in [1.165, 1.54) is 11.3 Å². The first-order chi connectivity index (χ1) is 9.94. The highest BCUT2D eigenvalue weighted by atomic mass is 32.2. The molecule has 0 amide bonds. The van der Waals surface area contributed by atoms with Crippen LogP contribution in [0, 0.1) is 13.8 Å². The Hall–Kier alpha value is -1.21. The number of benzene rings is 1. The Labute approximate surface area is 129 Å². The molecule has 21 heavy (non-hydrogen) atoms. The minimum Gasteiger partial charge on any atom is -0.375 e. The summed E-state index contributed by atoms with van der Waals surface area (Å²) in [7, 11) is -1.93. The number of aryl methyl sites for hydroxylation is 2. The van der Waals surface area contributed by atoms with E-state index in [9.17, 15) is 8.42 Å². The summed E-state index contributed by atoms with van der Waals surface area (Å²) >= 11 is 1.48. The number of rotatable bonds is 6. The van der Waals surface area contributed by atoms with E-state index in [1.807, 2.05) is 44.2 Å². The van der Waals surface area contributed by atoms with E-state index in [-0.39, 0.29) is 12.6 Å². The topological polar surface area (TPSA) is 55.4 Å². The van der Waals surface area contributed by atoms with E-state index in [0.29, 0.717) is 4.90 Å². The van der Waals surface area contributed by atoms with Crippen molar-refractivity contribution in [3.8, 4) is 0 Å². The number of nitrogens with one attached hydrogen (secondary N) is 1. The maximum atomic E-state index is 12.4. The molecule has 1 aromatic heterocycles.